The lowest BCUT2D eigenvalue weighted by Gasteiger charge is -2.33. The van der Waals surface area contributed by atoms with Gasteiger partial charge in [0.25, 0.3) is 0 Å². The van der Waals surface area contributed by atoms with Crippen molar-refractivity contribution < 1.29 is 23.7 Å². The van der Waals surface area contributed by atoms with Crippen molar-refractivity contribution in [2.75, 3.05) is 26.2 Å². The molecule has 8 nitrogen and oxygen atoms in total. The first kappa shape index (κ1) is 36.4. The van der Waals surface area contributed by atoms with Crippen molar-refractivity contribution in [3.05, 3.63) is 105 Å². The molecule has 52 heavy (non-hydrogen) atoms. The third-order valence-corrected chi connectivity index (χ3v) is 11.0. The fraction of sp³-hybridized carbons (Fsp3) is 0.415. The molecule has 2 heterocycles. The zero-order valence-corrected chi connectivity index (χ0v) is 30.5. The number of hydrogen-bond acceptors (Lipinski definition) is 8. The van der Waals surface area contributed by atoms with Gasteiger partial charge in [-0.25, -0.2) is 4.39 Å². The van der Waals surface area contributed by atoms with Gasteiger partial charge in [-0.05, 0) is 79.8 Å². The van der Waals surface area contributed by atoms with Crippen LogP contribution in [-0.4, -0.2) is 59.5 Å². The molecule has 3 aliphatic rings. The van der Waals surface area contributed by atoms with Crippen LogP contribution < -0.4 is 19.5 Å². The minimum absolute atomic E-state index is 0.0290. The molecule has 1 saturated heterocycles. The first-order chi connectivity index (χ1) is 25.4. The number of hydrogen-bond donors (Lipinski definition) is 2. The number of pyridine rings is 1. The first-order valence-corrected chi connectivity index (χ1v) is 18.9. The number of likely N-dealkylation sites (tertiary alicyclic amines) is 1. The average Bonchev–Trinajstić information content (AvgIpc) is 3.57. The summed E-state index contributed by atoms with van der Waals surface area (Å²) in [6, 6.07) is 19.7. The number of benzene rings is 3. The summed E-state index contributed by atoms with van der Waals surface area (Å²) < 4.78 is 32.6. The summed E-state index contributed by atoms with van der Waals surface area (Å²) in [6.45, 7) is 3.69. The van der Waals surface area contributed by atoms with Gasteiger partial charge in [-0.15, -0.1) is 0 Å². The Hall–Kier alpha value is -3.91. The number of aliphatic hydroxyl groups excluding tert-OH is 1. The zero-order valence-electron chi connectivity index (χ0n) is 29.0. The van der Waals surface area contributed by atoms with Crippen molar-refractivity contribution in [2.24, 2.45) is 0 Å². The number of fused-ring (bicyclic) bond motifs is 1. The van der Waals surface area contributed by atoms with Crippen LogP contribution in [0.5, 0.6) is 17.2 Å². The molecular formula is C41H43Cl2FN4O4. The van der Waals surface area contributed by atoms with Crippen molar-refractivity contribution in [1.82, 2.24) is 15.2 Å². The van der Waals surface area contributed by atoms with Crippen LogP contribution in [0.2, 0.25) is 10.0 Å². The lowest BCUT2D eigenvalue weighted by molar-refractivity contribution is 0.0491. The van der Waals surface area contributed by atoms with E-state index in [1.807, 2.05) is 36.4 Å². The lowest BCUT2D eigenvalue weighted by atomic mass is 9.89. The Bertz CT molecular complexity index is 1910. The predicted octanol–water partition coefficient (Wildman–Crippen LogP) is 8.39. The van der Waals surface area contributed by atoms with E-state index >= 15 is 0 Å². The summed E-state index contributed by atoms with van der Waals surface area (Å²) in [5.41, 5.74) is 6.30. The molecule has 0 unspecified atom stereocenters. The van der Waals surface area contributed by atoms with Gasteiger partial charge in [-0.3, -0.25) is 4.98 Å². The number of aliphatic hydroxyl groups is 1. The molecular weight excluding hydrogens is 702 g/mol. The molecule has 272 valence electrons. The molecule has 0 bridgehead atoms. The Kier molecular flexibility index (Phi) is 11.8. The van der Waals surface area contributed by atoms with E-state index in [0.717, 1.165) is 79.6 Å². The number of ether oxygens (including phenoxy) is 3. The van der Waals surface area contributed by atoms with Crippen LogP contribution in [-0.2, 0) is 19.6 Å². The molecule has 3 aromatic carbocycles. The number of aromatic nitrogens is 1. The summed E-state index contributed by atoms with van der Waals surface area (Å²) >= 11 is 13.9. The highest BCUT2D eigenvalue weighted by molar-refractivity contribution is 6.35. The smallest absolute Gasteiger partial charge is 0.142 e. The molecule has 2 fully saturated rings. The molecule has 0 radical (unpaired) electrons. The van der Waals surface area contributed by atoms with Gasteiger partial charge < -0.3 is 29.5 Å². The van der Waals surface area contributed by atoms with Crippen LogP contribution in [0.1, 0.15) is 72.4 Å². The normalized spacial score (nSPS) is 20.2. The number of nitrogens with one attached hydrogen (secondary N) is 1. The maximum absolute atomic E-state index is 13.5. The SMILES string of the molecule is N#Cc1cncc(COc2cc(O[C@H]3CCc4c(-c5cccc(OCCCN6CCC(F)CC6)c5Cl)cccc43)c(Cl)cc2CN[C@H]2CC[C@@H]2O)c1. The molecule has 1 aromatic heterocycles. The van der Waals surface area contributed by atoms with Gasteiger partial charge >= 0.3 is 0 Å². The standard InChI is InChI=1S/C41H43Cl2FN4O4/c42-34-19-28(24-47-35-9-10-36(35)49)39(51-25-27-18-26(21-45)22-46-23-27)20-40(34)52-37-11-8-31-30(4-1-5-32(31)37)33-6-2-7-38(41(33)43)50-17-3-14-48-15-12-29(44)13-16-48/h1-2,4-7,18-20,22-23,29,35-37,47,49H,3,8-17,24-25H2/t35-,36-,37-/m0/s1. The molecule has 0 spiro atoms. The number of nitriles is 1. The summed E-state index contributed by atoms with van der Waals surface area (Å²) in [4.78, 5) is 6.46. The van der Waals surface area contributed by atoms with Crippen LogP contribution in [0, 0.1) is 11.3 Å². The quantitative estimate of drug-likeness (QED) is 0.124. The highest BCUT2D eigenvalue weighted by Crippen LogP contribution is 2.45. The largest absolute Gasteiger partial charge is 0.492 e. The topological polar surface area (TPSA) is 99.9 Å². The number of alkyl halides is 1. The molecule has 2 aliphatic carbocycles. The predicted molar refractivity (Wildman–Crippen MR) is 200 cm³/mol. The second-order valence-corrected chi connectivity index (χ2v) is 14.6. The highest BCUT2D eigenvalue weighted by atomic mass is 35.5. The molecule has 1 aliphatic heterocycles. The maximum atomic E-state index is 13.5. The molecule has 1 saturated carbocycles. The van der Waals surface area contributed by atoms with E-state index in [4.69, 9.17) is 37.4 Å². The number of nitrogens with zero attached hydrogens (tertiary/aromatic N) is 3. The minimum atomic E-state index is -0.669. The van der Waals surface area contributed by atoms with E-state index in [9.17, 15) is 14.8 Å². The van der Waals surface area contributed by atoms with Gasteiger partial charge in [-0.2, -0.15) is 5.26 Å². The van der Waals surface area contributed by atoms with E-state index in [2.05, 4.69) is 33.4 Å². The number of piperidine rings is 1. The molecule has 4 aromatic rings. The third-order valence-electron chi connectivity index (χ3n) is 10.4. The van der Waals surface area contributed by atoms with Gasteiger partial charge in [0.2, 0.25) is 0 Å². The summed E-state index contributed by atoms with van der Waals surface area (Å²) in [6.07, 6.45) is 7.28. The van der Waals surface area contributed by atoms with Crippen LogP contribution in [0.3, 0.4) is 0 Å². The molecule has 3 atom stereocenters. The average molecular weight is 746 g/mol. The number of rotatable bonds is 14. The van der Waals surface area contributed by atoms with Gasteiger partial charge in [0, 0.05) is 67.4 Å². The van der Waals surface area contributed by atoms with Gasteiger partial charge in [0.05, 0.1) is 28.3 Å². The van der Waals surface area contributed by atoms with Crippen molar-refractivity contribution in [1.29, 1.82) is 5.26 Å². The van der Waals surface area contributed by atoms with E-state index in [1.54, 1.807) is 12.3 Å². The molecule has 0 amide bonds. The summed E-state index contributed by atoms with van der Waals surface area (Å²) in [5, 5.41) is 23.9. The Morgan fingerprint density at radius 2 is 1.77 bits per heavy atom. The van der Waals surface area contributed by atoms with E-state index in [1.165, 1.54) is 11.8 Å². The van der Waals surface area contributed by atoms with Crippen LogP contribution in [0.25, 0.3) is 11.1 Å². The van der Waals surface area contributed by atoms with Crippen molar-refractivity contribution in [2.45, 2.75) is 82.5 Å². The molecule has 11 heteroatoms. The zero-order chi connectivity index (χ0) is 36.0. The Morgan fingerprint density at radius 3 is 2.56 bits per heavy atom. The Labute approximate surface area is 314 Å². The van der Waals surface area contributed by atoms with Crippen LogP contribution in [0.4, 0.5) is 4.39 Å². The fourth-order valence-electron chi connectivity index (χ4n) is 7.26. The number of halogens is 3. The highest BCUT2D eigenvalue weighted by Gasteiger charge is 2.30. The second-order valence-electron chi connectivity index (χ2n) is 13.9. The van der Waals surface area contributed by atoms with E-state index < -0.39 is 6.17 Å². The summed E-state index contributed by atoms with van der Waals surface area (Å²) in [7, 11) is 0. The maximum Gasteiger partial charge on any atom is 0.142 e. The Balaban J connectivity index is 1.06. The minimum Gasteiger partial charge on any atom is -0.492 e. The van der Waals surface area contributed by atoms with Gasteiger partial charge in [-0.1, -0.05) is 53.5 Å². The van der Waals surface area contributed by atoms with Crippen molar-refractivity contribution in [3.63, 3.8) is 0 Å². The molecule has 2 N–H and O–H groups in total. The van der Waals surface area contributed by atoms with Crippen LogP contribution in [0.15, 0.2) is 67.0 Å². The van der Waals surface area contributed by atoms with Gasteiger partial charge in [0.15, 0.2) is 0 Å². The lowest BCUT2D eigenvalue weighted by Crippen LogP contribution is -2.47. The monoisotopic (exact) mass is 744 g/mol. The van der Waals surface area contributed by atoms with Crippen molar-refractivity contribution in [3.8, 4) is 34.4 Å². The summed E-state index contributed by atoms with van der Waals surface area (Å²) in [5.74, 6) is 1.77. The third kappa shape index (κ3) is 8.48. The fourth-order valence-corrected chi connectivity index (χ4v) is 7.77. The first-order valence-electron chi connectivity index (χ1n) is 18.1. The van der Waals surface area contributed by atoms with Crippen LogP contribution >= 0.6 is 23.2 Å². The Morgan fingerprint density at radius 1 is 0.942 bits per heavy atom. The second kappa shape index (κ2) is 16.8. The van der Waals surface area contributed by atoms with E-state index in [-0.39, 0.29) is 24.9 Å². The van der Waals surface area contributed by atoms with Crippen molar-refractivity contribution >= 4 is 23.2 Å². The molecule has 7 rings (SSSR count). The van der Waals surface area contributed by atoms with E-state index in [0.29, 0.717) is 58.9 Å². The van der Waals surface area contributed by atoms with Gasteiger partial charge in [0.1, 0.15) is 42.2 Å².